The van der Waals surface area contributed by atoms with Gasteiger partial charge >= 0.3 is 0 Å². The lowest BCUT2D eigenvalue weighted by molar-refractivity contribution is 1.56. The highest BCUT2D eigenvalue weighted by Gasteiger charge is 2.08. The second kappa shape index (κ2) is 17.1. The molecule has 0 fully saturated rings. The van der Waals surface area contributed by atoms with Crippen molar-refractivity contribution in [1.29, 1.82) is 0 Å². The maximum absolute atomic E-state index is 2.29. The van der Waals surface area contributed by atoms with Crippen LogP contribution in [-0.4, -0.2) is 0 Å². The molecule has 274 valence electrons. The van der Waals surface area contributed by atoms with E-state index in [1.807, 2.05) is 0 Å². The molecular weight excluding hydrogens is 697 g/mol. The fourth-order valence-corrected chi connectivity index (χ4v) is 7.46. The maximum Gasteiger partial charge on any atom is -0.0105 e. The lowest BCUT2D eigenvalue weighted by Gasteiger charge is -2.11. The average molecular weight is 739 g/mol. The molecule has 0 saturated heterocycles. The summed E-state index contributed by atoms with van der Waals surface area (Å²) in [6.45, 7) is 0. The van der Waals surface area contributed by atoms with Crippen LogP contribution in [0.2, 0.25) is 0 Å². The van der Waals surface area contributed by atoms with E-state index in [-0.39, 0.29) is 0 Å². The molecule has 0 saturated carbocycles. The highest BCUT2D eigenvalue weighted by atomic mass is 14.1. The van der Waals surface area contributed by atoms with Gasteiger partial charge in [-0.15, -0.1) is 0 Å². The summed E-state index contributed by atoms with van der Waals surface area (Å²) in [5.74, 6) is 0. The molecule has 0 unspecified atom stereocenters. The van der Waals surface area contributed by atoms with Gasteiger partial charge < -0.3 is 0 Å². The van der Waals surface area contributed by atoms with Crippen molar-refractivity contribution in [3.05, 3.63) is 274 Å². The first-order valence-corrected chi connectivity index (χ1v) is 19.9. The van der Waals surface area contributed by atoms with Crippen LogP contribution in [0.3, 0.4) is 0 Å². The van der Waals surface area contributed by atoms with Crippen molar-refractivity contribution in [1.82, 2.24) is 0 Å². The van der Waals surface area contributed by atoms with E-state index in [0.717, 1.165) is 0 Å². The minimum Gasteiger partial charge on any atom is -0.0622 e. The van der Waals surface area contributed by atoms with Crippen molar-refractivity contribution in [3.8, 4) is 0 Å². The van der Waals surface area contributed by atoms with Crippen LogP contribution in [0.15, 0.2) is 218 Å². The number of fused-ring (bicyclic) bond motifs is 2. The van der Waals surface area contributed by atoms with E-state index in [9.17, 15) is 0 Å². The van der Waals surface area contributed by atoms with Crippen molar-refractivity contribution in [2.45, 2.75) is 0 Å². The van der Waals surface area contributed by atoms with Crippen LogP contribution in [0.25, 0.3) is 69.1 Å². The Morgan fingerprint density at radius 1 is 0.224 bits per heavy atom. The van der Waals surface area contributed by atoms with Crippen LogP contribution in [0, 0.1) is 0 Å². The van der Waals surface area contributed by atoms with Crippen molar-refractivity contribution in [2.75, 3.05) is 0 Å². The average Bonchev–Trinajstić information content (AvgIpc) is 3.30. The molecule has 0 aliphatic heterocycles. The first-order valence-electron chi connectivity index (χ1n) is 19.9. The van der Waals surface area contributed by atoms with Crippen molar-refractivity contribution < 1.29 is 0 Å². The van der Waals surface area contributed by atoms with E-state index in [1.165, 1.54) is 88.3 Å². The van der Waals surface area contributed by atoms with Crippen molar-refractivity contribution in [2.24, 2.45) is 0 Å². The van der Waals surface area contributed by atoms with E-state index in [2.05, 4.69) is 255 Å². The topological polar surface area (TPSA) is 0 Å². The van der Waals surface area contributed by atoms with Crippen LogP contribution in [0.4, 0.5) is 0 Å². The summed E-state index contributed by atoms with van der Waals surface area (Å²) in [6, 6.07) is 78.1. The zero-order valence-corrected chi connectivity index (χ0v) is 32.2. The molecule has 58 heavy (non-hydrogen) atoms. The summed E-state index contributed by atoms with van der Waals surface area (Å²) in [5.41, 5.74) is 14.3. The van der Waals surface area contributed by atoms with Gasteiger partial charge in [-0.25, -0.2) is 0 Å². The van der Waals surface area contributed by atoms with E-state index in [0.29, 0.717) is 0 Å². The smallest absolute Gasteiger partial charge is 0.0105 e. The summed E-state index contributed by atoms with van der Waals surface area (Å²) in [5, 5.41) is 5.00. The van der Waals surface area contributed by atoms with Gasteiger partial charge in [0.2, 0.25) is 0 Å². The molecule has 9 aromatic carbocycles. The SMILES string of the molecule is C(=Cc1ccc(C=C(c2ccccc2)c2ccc3ccccc3c2)cc1)c1ccc(C=Cc2ccc(C=C(c3ccccc3)c3ccc4ccccc4c3)cc2)cc1. The Kier molecular flexibility index (Phi) is 10.6. The number of benzene rings is 9. The van der Waals surface area contributed by atoms with Crippen molar-refractivity contribution >= 4 is 69.1 Å². The zero-order chi connectivity index (χ0) is 38.9. The van der Waals surface area contributed by atoms with Crippen molar-refractivity contribution in [3.63, 3.8) is 0 Å². The summed E-state index contributed by atoms with van der Waals surface area (Å²) < 4.78 is 0. The van der Waals surface area contributed by atoms with Crippen LogP contribution >= 0.6 is 0 Å². The predicted octanol–water partition coefficient (Wildman–Crippen LogP) is 15.5. The Balaban J connectivity index is 0.869. The van der Waals surface area contributed by atoms with Gasteiger partial charge in [-0.1, -0.05) is 231 Å². The van der Waals surface area contributed by atoms with Gasteiger partial charge in [0, 0.05) is 0 Å². The summed E-state index contributed by atoms with van der Waals surface area (Å²) in [7, 11) is 0. The van der Waals surface area contributed by atoms with Crippen LogP contribution in [-0.2, 0) is 0 Å². The standard InChI is InChI=1S/C58H42/c1-3-13-51(14-4-1)57(55-37-35-49-11-7-9-17-53(49)41-55)39-47-31-27-45(28-32-47)25-23-43-19-21-44(22-20-43)24-26-46-29-33-48(34-30-46)40-58(52-15-5-2-6-16-52)56-38-36-50-12-8-10-18-54(50)42-56/h1-42H. The Morgan fingerprint density at radius 3 is 0.862 bits per heavy atom. The third kappa shape index (κ3) is 8.63. The Morgan fingerprint density at radius 2 is 0.517 bits per heavy atom. The molecule has 0 N–H and O–H groups in total. The summed E-state index contributed by atoms with van der Waals surface area (Å²) in [4.78, 5) is 0. The minimum absolute atomic E-state index is 1.17. The Bertz CT molecular complexity index is 2720. The molecule has 0 heterocycles. The molecular formula is C58H42. The van der Waals surface area contributed by atoms with Gasteiger partial charge in [0.25, 0.3) is 0 Å². The molecule has 9 aromatic rings. The third-order valence-electron chi connectivity index (χ3n) is 10.7. The Hall–Kier alpha value is -7.54. The highest BCUT2D eigenvalue weighted by molar-refractivity contribution is 5.97. The predicted molar refractivity (Wildman–Crippen MR) is 252 cm³/mol. The van der Waals surface area contributed by atoms with Crippen LogP contribution in [0.5, 0.6) is 0 Å². The van der Waals surface area contributed by atoms with Gasteiger partial charge in [-0.05, 0) is 113 Å². The Labute approximate surface area is 341 Å². The molecule has 0 atom stereocenters. The number of rotatable bonds is 10. The van der Waals surface area contributed by atoms with E-state index in [4.69, 9.17) is 0 Å². The molecule has 0 radical (unpaired) electrons. The molecule has 0 bridgehead atoms. The van der Waals surface area contributed by atoms with E-state index >= 15 is 0 Å². The van der Waals surface area contributed by atoms with Gasteiger partial charge in [0.1, 0.15) is 0 Å². The normalized spacial score (nSPS) is 12.2. The molecule has 9 rings (SSSR count). The zero-order valence-electron chi connectivity index (χ0n) is 32.2. The fraction of sp³-hybridized carbons (Fsp3) is 0. The molecule has 0 amide bonds. The lowest BCUT2D eigenvalue weighted by Crippen LogP contribution is -1.89. The van der Waals surface area contributed by atoms with Gasteiger partial charge in [0.05, 0.1) is 0 Å². The lowest BCUT2D eigenvalue weighted by atomic mass is 9.93. The minimum atomic E-state index is 1.17. The quantitative estimate of drug-likeness (QED) is 0.123. The van der Waals surface area contributed by atoms with Gasteiger partial charge in [-0.3, -0.25) is 0 Å². The second-order valence-corrected chi connectivity index (χ2v) is 14.6. The molecule has 0 aromatic heterocycles. The third-order valence-corrected chi connectivity index (χ3v) is 10.7. The van der Waals surface area contributed by atoms with Crippen LogP contribution < -0.4 is 0 Å². The molecule has 0 heteroatoms. The highest BCUT2D eigenvalue weighted by Crippen LogP contribution is 2.31. The second-order valence-electron chi connectivity index (χ2n) is 14.6. The molecule has 0 nitrogen and oxygen atoms in total. The molecule has 0 aliphatic rings. The van der Waals surface area contributed by atoms with E-state index in [1.54, 1.807) is 0 Å². The first kappa shape index (κ1) is 36.1. The monoisotopic (exact) mass is 738 g/mol. The van der Waals surface area contributed by atoms with Gasteiger partial charge in [0.15, 0.2) is 0 Å². The number of hydrogen-bond acceptors (Lipinski definition) is 0. The maximum atomic E-state index is 2.29. The fourth-order valence-electron chi connectivity index (χ4n) is 7.46. The molecule has 0 spiro atoms. The van der Waals surface area contributed by atoms with E-state index < -0.39 is 0 Å². The summed E-state index contributed by atoms with van der Waals surface area (Å²) >= 11 is 0. The van der Waals surface area contributed by atoms with Crippen LogP contribution in [0.1, 0.15) is 55.6 Å². The molecule has 0 aliphatic carbocycles. The number of hydrogen-bond donors (Lipinski definition) is 0. The largest absolute Gasteiger partial charge is 0.0622 e. The first-order chi connectivity index (χ1) is 28.7. The summed E-state index contributed by atoms with van der Waals surface area (Å²) in [6.07, 6.45) is 13.3. The van der Waals surface area contributed by atoms with Gasteiger partial charge in [-0.2, -0.15) is 0 Å².